The minimum Gasteiger partial charge on any atom is -0.339 e. The van der Waals surface area contributed by atoms with Crippen molar-refractivity contribution in [3.8, 4) is 17.1 Å². The van der Waals surface area contributed by atoms with Gasteiger partial charge in [-0.15, -0.1) is 0 Å². The summed E-state index contributed by atoms with van der Waals surface area (Å²) in [4.78, 5) is 23.8. The number of rotatable bonds is 3. The maximum absolute atomic E-state index is 13.0. The number of pyridine rings is 1. The summed E-state index contributed by atoms with van der Waals surface area (Å²) in [7, 11) is 0. The van der Waals surface area contributed by atoms with Crippen LogP contribution in [0.5, 0.6) is 0 Å². The van der Waals surface area contributed by atoms with Gasteiger partial charge in [0.05, 0.1) is 5.56 Å². The van der Waals surface area contributed by atoms with Crippen LogP contribution in [0.3, 0.4) is 0 Å². The summed E-state index contributed by atoms with van der Waals surface area (Å²) in [6.07, 6.45) is 10.2. The number of fused-ring (bicyclic) bond motifs is 1. The highest BCUT2D eigenvalue weighted by molar-refractivity contribution is 5.97. The van der Waals surface area contributed by atoms with Gasteiger partial charge in [-0.05, 0) is 67.5 Å². The van der Waals surface area contributed by atoms with E-state index in [-0.39, 0.29) is 5.91 Å². The summed E-state index contributed by atoms with van der Waals surface area (Å²) in [6, 6.07) is 12.0. The van der Waals surface area contributed by atoms with Crippen LogP contribution in [0.2, 0.25) is 0 Å². The lowest BCUT2D eigenvalue weighted by molar-refractivity contribution is 0.0678. The summed E-state index contributed by atoms with van der Waals surface area (Å²) in [6.45, 7) is 1.74. The third-order valence-corrected chi connectivity index (χ3v) is 6.68. The van der Waals surface area contributed by atoms with Gasteiger partial charge in [0.15, 0.2) is 5.82 Å². The molecule has 3 aromatic heterocycles. The van der Waals surface area contributed by atoms with Crippen LogP contribution < -0.4 is 0 Å². The molecule has 1 amide bonds. The van der Waals surface area contributed by atoms with Gasteiger partial charge in [0.1, 0.15) is 12.0 Å². The van der Waals surface area contributed by atoms with E-state index in [0.29, 0.717) is 11.0 Å². The van der Waals surface area contributed by atoms with Crippen molar-refractivity contribution in [3.63, 3.8) is 0 Å². The van der Waals surface area contributed by atoms with E-state index in [4.69, 9.17) is 0 Å². The minimum atomic E-state index is 0.101. The van der Waals surface area contributed by atoms with Crippen LogP contribution in [0.15, 0.2) is 55.1 Å². The summed E-state index contributed by atoms with van der Waals surface area (Å²) < 4.78 is 2.03. The van der Waals surface area contributed by atoms with Gasteiger partial charge < -0.3 is 9.47 Å². The standard InChI is InChI=1S/C23H22N6O/c30-22(28-11-8-23(6-7-23)9-12-28)18-13-17-5-10-29(21(17)24-14-18)19-3-1-16(2-4-19)20-25-15-26-27-20/h1-5,10,13-15H,6-9,11-12H2,(H,25,26,27). The van der Waals surface area contributed by atoms with Crippen LogP contribution in [0.4, 0.5) is 0 Å². The van der Waals surface area contributed by atoms with Crippen molar-refractivity contribution in [2.24, 2.45) is 5.41 Å². The van der Waals surface area contributed by atoms with Gasteiger partial charge in [0, 0.05) is 42.1 Å². The molecular weight excluding hydrogens is 376 g/mol. The Labute approximate surface area is 173 Å². The second-order valence-corrected chi connectivity index (χ2v) is 8.50. The van der Waals surface area contributed by atoms with Crippen LogP contribution in [0.1, 0.15) is 36.0 Å². The van der Waals surface area contributed by atoms with E-state index >= 15 is 0 Å². The number of carbonyl (C=O) groups excluding carboxylic acids is 1. The molecule has 4 aromatic rings. The molecule has 150 valence electrons. The van der Waals surface area contributed by atoms with Crippen molar-refractivity contribution in [3.05, 3.63) is 60.7 Å². The molecular formula is C23H22N6O. The van der Waals surface area contributed by atoms with Gasteiger partial charge in [-0.2, -0.15) is 5.10 Å². The zero-order valence-corrected chi connectivity index (χ0v) is 16.6. The number of likely N-dealkylation sites (tertiary alicyclic amines) is 1. The number of H-pyrrole nitrogens is 1. The number of amides is 1. The van der Waals surface area contributed by atoms with Gasteiger partial charge in [-0.3, -0.25) is 9.89 Å². The lowest BCUT2D eigenvalue weighted by Crippen LogP contribution is -2.39. The average Bonchev–Trinajstić information content (AvgIpc) is 3.20. The number of aromatic amines is 1. The van der Waals surface area contributed by atoms with Crippen molar-refractivity contribution < 1.29 is 4.79 Å². The Morgan fingerprint density at radius 3 is 2.50 bits per heavy atom. The van der Waals surface area contributed by atoms with Crippen molar-refractivity contribution >= 4 is 16.9 Å². The number of hydrogen-bond donors (Lipinski definition) is 1. The Balaban J connectivity index is 1.25. The molecule has 0 atom stereocenters. The van der Waals surface area contributed by atoms with Gasteiger partial charge >= 0.3 is 0 Å². The molecule has 2 aliphatic rings. The number of benzene rings is 1. The highest BCUT2D eigenvalue weighted by Gasteiger charge is 2.45. The Morgan fingerprint density at radius 2 is 1.80 bits per heavy atom. The molecule has 0 radical (unpaired) electrons. The zero-order chi connectivity index (χ0) is 20.1. The van der Waals surface area contributed by atoms with E-state index in [1.807, 2.05) is 52.1 Å². The minimum absolute atomic E-state index is 0.101. The van der Waals surface area contributed by atoms with Crippen molar-refractivity contribution in [1.82, 2.24) is 29.6 Å². The van der Waals surface area contributed by atoms with Crippen molar-refractivity contribution in [2.75, 3.05) is 13.1 Å². The van der Waals surface area contributed by atoms with Crippen molar-refractivity contribution in [1.29, 1.82) is 0 Å². The number of hydrogen-bond acceptors (Lipinski definition) is 4. The third-order valence-electron chi connectivity index (χ3n) is 6.68. The first-order valence-electron chi connectivity index (χ1n) is 10.4. The fourth-order valence-corrected chi connectivity index (χ4v) is 4.52. The number of carbonyl (C=O) groups is 1. The molecule has 7 heteroatoms. The molecule has 1 N–H and O–H groups in total. The first kappa shape index (κ1) is 17.4. The van der Waals surface area contributed by atoms with Crippen LogP contribution in [0, 0.1) is 5.41 Å². The van der Waals surface area contributed by atoms with E-state index in [1.54, 1.807) is 6.20 Å². The molecule has 1 aliphatic carbocycles. The van der Waals surface area contributed by atoms with Gasteiger partial charge in [-0.1, -0.05) is 0 Å². The quantitative estimate of drug-likeness (QED) is 0.569. The van der Waals surface area contributed by atoms with E-state index < -0.39 is 0 Å². The predicted molar refractivity (Wildman–Crippen MR) is 113 cm³/mol. The molecule has 7 nitrogen and oxygen atoms in total. The van der Waals surface area contributed by atoms with E-state index in [1.165, 1.54) is 19.2 Å². The maximum atomic E-state index is 13.0. The summed E-state index contributed by atoms with van der Waals surface area (Å²) in [5.74, 6) is 0.842. The molecule has 0 unspecified atom stereocenters. The lowest BCUT2D eigenvalue weighted by Gasteiger charge is -2.32. The number of aromatic nitrogens is 5. The number of nitrogens with one attached hydrogen (secondary N) is 1. The molecule has 30 heavy (non-hydrogen) atoms. The molecule has 4 heterocycles. The molecule has 1 aliphatic heterocycles. The molecule has 1 spiro atoms. The summed E-state index contributed by atoms with van der Waals surface area (Å²) >= 11 is 0. The van der Waals surface area contributed by atoms with Crippen molar-refractivity contribution in [2.45, 2.75) is 25.7 Å². The molecule has 1 saturated heterocycles. The summed E-state index contributed by atoms with van der Waals surface area (Å²) in [5, 5.41) is 7.74. The monoisotopic (exact) mass is 398 g/mol. The second kappa shape index (κ2) is 6.52. The third kappa shape index (κ3) is 2.89. The normalized spacial score (nSPS) is 17.5. The van der Waals surface area contributed by atoms with E-state index in [0.717, 1.165) is 54.0 Å². The second-order valence-electron chi connectivity index (χ2n) is 8.50. The number of piperidine rings is 1. The average molecular weight is 398 g/mol. The fourth-order valence-electron chi connectivity index (χ4n) is 4.52. The first-order valence-corrected chi connectivity index (χ1v) is 10.4. The van der Waals surface area contributed by atoms with E-state index in [2.05, 4.69) is 20.2 Å². The van der Waals surface area contributed by atoms with Crippen LogP contribution in [-0.2, 0) is 0 Å². The smallest absolute Gasteiger partial charge is 0.255 e. The Hall–Kier alpha value is -3.48. The molecule has 1 aromatic carbocycles. The largest absolute Gasteiger partial charge is 0.339 e. The number of nitrogens with zero attached hydrogens (tertiary/aromatic N) is 5. The topological polar surface area (TPSA) is 79.7 Å². The highest BCUT2D eigenvalue weighted by atomic mass is 16.2. The Kier molecular flexibility index (Phi) is 3.78. The lowest BCUT2D eigenvalue weighted by atomic mass is 9.93. The summed E-state index contributed by atoms with van der Waals surface area (Å²) in [5.41, 5.74) is 4.06. The zero-order valence-electron chi connectivity index (χ0n) is 16.6. The highest BCUT2D eigenvalue weighted by Crippen LogP contribution is 2.53. The first-order chi connectivity index (χ1) is 14.7. The van der Waals surface area contributed by atoms with Gasteiger partial charge in [-0.25, -0.2) is 9.97 Å². The Morgan fingerprint density at radius 1 is 1.00 bits per heavy atom. The van der Waals surface area contributed by atoms with Crippen LogP contribution in [0.25, 0.3) is 28.1 Å². The predicted octanol–water partition coefficient (Wildman–Crippen LogP) is 3.83. The van der Waals surface area contributed by atoms with Gasteiger partial charge in [0.25, 0.3) is 5.91 Å². The fraction of sp³-hybridized carbons (Fsp3) is 0.304. The molecule has 6 rings (SSSR count). The molecule has 2 fully saturated rings. The van der Waals surface area contributed by atoms with Gasteiger partial charge in [0.2, 0.25) is 0 Å². The van der Waals surface area contributed by atoms with E-state index in [9.17, 15) is 4.79 Å². The van der Waals surface area contributed by atoms with Crippen LogP contribution in [-0.4, -0.2) is 48.6 Å². The molecule has 0 bridgehead atoms. The van der Waals surface area contributed by atoms with Crippen LogP contribution >= 0.6 is 0 Å². The molecule has 1 saturated carbocycles. The SMILES string of the molecule is O=C(c1cnc2c(ccn2-c2ccc(-c3ncn[nH]3)cc2)c1)N1CCC2(CC1)CC2. The maximum Gasteiger partial charge on any atom is 0.255 e. The Bertz CT molecular complexity index is 1210.